The first-order valence-corrected chi connectivity index (χ1v) is 4.58. The molecule has 0 bridgehead atoms. The Labute approximate surface area is 81.1 Å². The molecule has 0 aliphatic rings. The smallest absolute Gasteiger partial charge is 0.220 e. The summed E-state index contributed by atoms with van der Waals surface area (Å²) in [4.78, 5) is 11.4. The number of terminal acetylenes is 1. The predicted octanol–water partition coefficient (Wildman–Crippen LogP) is 1.95. The van der Waals surface area contributed by atoms with Crippen molar-refractivity contribution < 1.29 is 4.79 Å². The standard InChI is InChI=1S/C11H19NO/c1-6-7-9(2)12-10(13)8-11(3,4)5/h1,9H,7-8H2,2-5H3,(H,12,13). The largest absolute Gasteiger partial charge is 0.353 e. The van der Waals surface area contributed by atoms with Crippen molar-refractivity contribution in [1.29, 1.82) is 0 Å². The van der Waals surface area contributed by atoms with Crippen molar-refractivity contribution in [2.75, 3.05) is 0 Å². The number of hydrogen-bond donors (Lipinski definition) is 1. The van der Waals surface area contributed by atoms with Crippen LogP contribution in [0.4, 0.5) is 0 Å². The molecule has 1 N–H and O–H groups in total. The van der Waals surface area contributed by atoms with Gasteiger partial charge in [0.15, 0.2) is 0 Å². The van der Waals surface area contributed by atoms with Crippen LogP contribution in [0.3, 0.4) is 0 Å². The molecule has 0 radical (unpaired) electrons. The molecule has 0 saturated carbocycles. The lowest BCUT2D eigenvalue weighted by molar-refractivity contribution is -0.123. The highest BCUT2D eigenvalue weighted by Crippen LogP contribution is 2.17. The molecule has 74 valence electrons. The topological polar surface area (TPSA) is 29.1 Å². The fourth-order valence-corrected chi connectivity index (χ4v) is 1.04. The molecule has 0 aromatic carbocycles. The first-order valence-electron chi connectivity index (χ1n) is 4.58. The van der Waals surface area contributed by atoms with Gasteiger partial charge in [-0.3, -0.25) is 4.79 Å². The quantitative estimate of drug-likeness (QED) is 0.662. The van der Waals surface area contributed by atoms with Gasteiger partial charge in [0.25, 0.3) is 0 Å². The molecule has 0 aliphatic heterocycles. The van der Waals surface area contributed by atoms with Crippen LogP contribution < -0.4 is 5.32 Å². The van der Waals surface area contributed by atoms with Gasteiger partial charge in [-0.05, 0) is 12.3 Å². The van der Waals surface area contributed by atoms with Crippen molar-refractivity contribution in [3.05, 3.63) is 0 Å². The highest BCUT2D eigenvalue weighted by molar-refractivity contribution is 5.76. The highest BCUT2D eigenvalue weighted by Gasteiger charge is 2.16. The molecular formula is C11H19NO. The predicted molar refractivity (Wildman–Crippen MR) is 55.1 cm³/mol. The van der Waals surface area contributed by atoms with Crippen LogP contribution in [0.2, 0.25) is 0 Å². The molecule has 1 atom stereocenters. The van der Waals surface area contributed by atoms with Gasteiger partial charge in [0.05, 0.1) is 0 Å². The minimum absolute atomic E-state index is 0.0416. The second-order valence-corrected chi connectivity index (χ2v) is 4.61. The average Bonchev–Trinajstić information content (AvgIpc) is 1.81. The molecular weight excluding hydrogens is 162 g/mol. The van der Waals surface area contributed by atoms with Crippen LogP contribution in [-0.4, -0.2) is 11.9 Å². The van der Waals surface area contributed by atoms with Crippen LogP contribution in [0.5, 0.6) is 0 Å². The summed E-state index contributed by atoms with van der Waals surface area (Å²) in [6, 6.07) is 0.0832. The summed E-state index contributed by atoms with van der Waals surface area (Å²) < 4.78 is 0. The number of rotatable bonds is 3. The second-order valence-electron chi connectivity index (χ2n) is 4.61. The second kappa shape index (κ2) is 4.91. The molecule has 1 amide bonds. The van der Waals surface area contributed by atoms with E-state index >= 15 is 0 Å². The molecule has 0 fully saturated rings. The summed E-state index contributed by atoms with van der Waals surface area (Å²) in [7, 11) is 0. The molecule has 2 heteroatoms. The van der Waals surface area contributed by atoms with E-state index in [0.29, 0.717) is 12.8 Å². The van der Waals surface area contributed by atoms with E-state index in [1.54, 1.807) is 0 Å². The van der Waals surface area contributed by atoms with Crippen molar-refractivity contribution in [1.82, 2.24) is 5.32 Å². The fourth-order valence-electron chi connectivity index (χ4n) is 1.04. The van der Waals surface area contributed by atoms with E-state index in [2.05, 4.69) is 11.2 Å². The van der Waals surface area contributed by atoms with Gasteiger partial charge < -0.3 is 5.32 Å². The zero-order valence-corrected chi connectivity index (χ0v) is 8.98. The zero-order chi connectivity index (χ0) is 10.5. The van der Waals surface area contributed by atoms with Gasteiger partial charge in [0, 0.05) is 18.9 Å². The van der Waals surface area contributed by atoms with Gasteiger partial charge in [-0.15, -0.1) is 12.3 Å². The minimum atomic E-state index is 0.0416. The highest BCUT2D eigenvalue weighted by atomic mass is 16.1. The van der Waals surface area contributed by atoms with Crippen molar-refractivity contribution >= 4 is 5.91 Å². The summed E-state index contributed by atoms with van der Waals surface area (Å²) >= 11 is 0. The maximum absolute atomic E-state index is 11.4. The Hall–Kier alpha value is -0.970. The molecule has 0 spiro atoms. The van der Waals surface area contributed by atoms with E-state index in [1.165, 1.54) is 0 Å². The molecule has 1 unspecified atom stereocenters. The lowest BCUT2D eigenvalue weighted by atomic mass is 9.92. The van der Waals surface area contributed by atoms with Crippen molar-refractivity contribution in [2.45, 2.75) is 46.6 Å². The Kier molecular flexibility index (Phi) is 4.55. The Bertz CT molecular complexity index is 207. The number of nitrogens with one attached hydrogen (secondary N) is 1. The SMILES string of the molecule is C#CCC(C)NC(=O)CC(C)(C)C. The summed E-state index contributed by atoms with van der Waals surface area (Å²) in [5.41, 5.74) is 0.0416. The number of hydrogen-bond acceptors (Lipinski definition) is 1. The lowest BCUT2D eigenvalue weighted by Crippen LogP contribution is -2.34. The Balaban J connectivity index is 3.83. The molecule has 2 nitrogen and oxygen atoms in total. The van der Waals surface area contributed by atoms with E-state index < -0.39 is 0 Å². The van der Waals surface area contributed by atoms with Crippen LogP contribution in [0.1, 0.15) is 40.5 Å². The number of carbonyl (C=O) groups excluding carboxylic acids is 1. The average molecular weight is 181 g/mol. The number of amides is 1. The zero-order valence-electron chi connectivity index (χ0n) is 8.98. The van der Waals surface area contributed by atoms with Crippen LogP contribution in [0.15, 0.2) is 0 Å². The normalized spacial score (nSPS) is 13.2. The van der Waals surface area contributed by atoms with E-state index in [-0.39, 0.29) is 17.4 Å². The van der Waals surface area contributed by atoms with Gasteiger partial charge >= 0.3 is 0 Å². The molecule has 13 heavy (non-hydrogen) atoms. The van der Waals surface area contributed by atoms with E-state index in [9.17, 15) is 4.79 Å². The lowest BCUT2D eigenvalue weighted by Gasteiger charge is -2.19. The molecule has 0 aliphatic carbocycles. The van der Waals surface area contributed by atoms with Gasteiger partial charge in [-0.25, -0.2) is 0 Å². The monoisotopic (exact) mass is 181 g/mol. The van der Waals surface area contributed by atoms with Gasteiger partial charge in [-0.2, -0.15) is 0 Å². The van der Waals surface area contributed by atoms with Crippen molar-refractivity contribution in [3.8, 4) is 12.3 Å². The van der Waals surface area contributed by atoms with Gasteiger partial charge in [-0.1, -0.05) is 20.8 Å². The van der Waals surface area contributed by atoms with E-state index in [1.807, 2.05) is 27.7 Å². The third-order valence-corrected chi connectivity index (χ3v) is 1.52. The first kappa shape index (κ1) is 12.0. The third kappa shape index (κ3) is 7.39. The van der Waals surface area contributed by atoms with Crippen LogP contribution in [-0.2, 0) is 4.79 Å². The maximum Gasteiger partial charge on any atom is 0.220 e. The van der Waals surface area contributed by atoms with Crippen LogP contribution in [0, 0.1) is 17.8 Å². The fraction of sp³-hybridized carbons (Fsp3) is 0.727. The van der Waals surface area contributed by atoms with Crippen molar-refractivity contribution in [2.24, 2.45) is 5.41 Å². The van der Waals surface area contributed by atoms with Gasteiger partial charge in [0.2, 0.25) is 5.91 Å². The molecule has 0 aromatic heterocycles. The van der Waals surface area contributed by atoms with E-state index in [0.717, 1.165) is 0 Å². The molecule has 0 heterocycles. The summed E-state index contributed by atoms with van der Waals surface area (Å²) in [6.45, 7) is 8.04. The first-order chi connectivity index (χ1) is 5.85. The Morgan fingerprint density at radius 1 is 1.54 bits per heavy atom. The Morgan fingerprint density at radius 2 is 2.08 bits per heavy atom. The Morgan fingerprint density at radius 3 is 2.46 bits per heavy atom. The van der Waals surface area contributed by atoms with Crippen LogP contribution in [0.25, 0.3) is 0 Å². The van der Waals surface area contributed by atoms with Gasteiger partial charge in [0.1, 0.15) is 0 Å². The third-order valence-electron chi connectivity index (χ3n) is 1.52. The molecule has 0 saturated heterocycles. The van der Waals surface area contributed by atoms with Crippen LogP contribution >= 0.6 is 0 Å². The summed E-state index contributed by atoms with van der Waals surface area (Å²) in [6.07, 6.45) is 6.27. The summed E-state index contributed by atoms with van der Waals surface area (Å²) in [5.74, 6) is 2.60. The van der Waals surface area contributed by atoms with E-state index in [4.69, 9.17) is 6.42 Å². The molecule has 0 aromatic rings. The van der Waals surface area contributed by atoms with Crippen molar-refractivity contribution in [3.63, 3.8) is 0 Å². The molecule has 0 rings (SSSR count). The summed E-state index contributed by atoms with van der Waals surface area (Å²) in [5, 5.41) is 2.86. The minimum Gasteiger partial charge on any atom is -0.353 e. The maximum atomic E-state index is 11.4. The number of carbonyl (C=O) groups is 1.